The molecule has 1 aliphatic rings. The molecule has 0 atom stereocenters. The molecule has 0 saturated heterocycles. The quantitative estimate of drug-likeness (QED) is 0.588. The minimum absolute atomic E-state index is 0. The van der Waals surface area contributed by atoms with E-state index in [1.54, 1.807) is 0 Å². The van der Waals surface area contributed by atoms with Gasteiger partial charge < -0.3 is 5.32 Å². The second-order valence-electron chi connectivity index (χ2n) is 7.60. The minimum Gasteiger partial charge on any atom is -0.312 e. The van der Waals surface area contributed by atoms with E-state index < -0.39 is 0 Å². The highest BCUT2D eigenvalue weighted by atomic mass is 35.5. The van der Waals surface area contributed by atoms with Gasteiger partial charge in [0, 0.05) is 30.1 Å². The van der Waals surface area contributed by atoms with Crippen molar-refractivity contribution in [2.24, 2.45) is 0 Å². The van der Waals surface area contributed by atoms with Crippen molar-refractivity contribution in [3.05, 3.63) is 86.8 Å². The van der Waals surface area contributed by atoms with Crippen molar-refractivity contribution in [1.82, 2.24) is 4.90 Å². The number of nitrogens with zero attached hydrogens (tertiary/aromatic N) is 2. The summed E-state index contributed by atoms with van der Waals surface area (Å²) in [5.74, 6) is -0.159. The number of fused-ring (bicyclic) bond motifs is 1. The van der Waals surface area contributed by atoms with Gasteiger partial charge in [-0.3, -0.25) is 9.69 Å². The largest absolute Gasteiger partial charge is 0.312 e. The fraction of sp³-hybridized carbons (Fsp3) is 0.250. The van der Waals surface area contributed by atoms with Crippen LogP contribution in [0.2, 0.25) is 0 Å². The number of hydrogen-bond acceptors (Lipinski definition) is 4. The molecule has 1 aliphatic heterocycles. The van der Waals surface area contributed by atoms with Gasteiger partial charge in [-0.15, -0.1) is 23.7 Å². The van der Waals surface area contributed by atoms with Crippen LogP contribution >= 0.6 is 23.7 Å². The van der Waals surface area contributed by atoms with Gasteiger partial charge >= 0.3 is 0 Å². The number of amides is 1. The fourth-order valence-corrected chi connectivity index (χ4v) is 5.16. The van der Waals surface area contributed by atoms with Gasteiger partial charge in [0.25, 0.3) is 5.91 Å². The van der Waals surface area contributed by atoms with E-state index in [2.05, 4.69) is 40.6 Å². The van der Waals surface area contributed by atoms with E-state index in [0.717, 1.165) is 42.7 Å². The molecule has 1 N–H and O–H groups in total. The average Bonchev–Trinajstić information content (AvgIpc) is 3.04. The van der Waals surface area contributed by atoms with Gasteiger partial charge in [-0.1, -0.05) is 47.5 Å². The molecule has 2 heterocycles. The smallest absolute Gasteiger partial charge is 0.256 e. The van der Waals surface area contributed by atoms with Gasteiger partial charge in [0.1, 0.15) is 11.1 Å². The number of thiophene rings is 1. The lowest BCUT2D eigenvalue weighted by Gasteiger charge is -2.26. The molecule has 30 heavy (non-hydrogen) atoms. The number of halogens is 1. The van der Waals surface area contributed by atoms with Crippen LogP contribution in [0.15, 0.2) is 48.5 Å². The Hall–Kier alpha value is -2.65. The van der Waals surface area contributed by atoms with Crippen LogP contribution in [-0.2, 0) is 19.5 Å². The van der Waals surface area contributed by atoms with Gasteiger partial charge in [-0.2, -0.15) is 5.26 Å². The fourth-order valence-electron chi connectivity index (χ4n) is 3.92. The SMILES string of the molecule is Cc1cc(C)cc(C(=O)Nc2sc3c(c2C#N)CCN(Cc2ccccc2)C3)c1.Cl. The number of carbonyl (C=O) groups is 1. The molecule has 1 amide bonds. The molecule has 0 bridgehead atoms. The van der Waals surface area contributed by atoms with Gasteiger partial charge in [-0.25, -0.2) is 0 Å². The molecular weight excluding hydrogens is 414 g/mol. The lowest BCUT2D eigenvalue weighted by Crippen LogP contribution is -2.29. The van der Waals surface area contributed by atoms with E-state index in [1.807, 2.05) is 38.1 Å². The molecule has 4 rings (SSSR count). The molecule has 2 aromatic carbocycles. The molecule has 0 saturated carbocycles. The zero-order chi connectivity index (χ0) is 20.4. The van der Waals surface area contributed by atoms with Gasteiger partial charge in [0.05, 0.1) is 5.56 Å². The normalized spacial score (nSPS) is 13.1. The maximum atomic E-state index is 12.8. The first kappa shape index (κ1) is 22.0. The third-order valence-corrected chi connectivity index (χ3v) is 6.34. The van der Waals surface area contributed by atoms with Crippen molar-refractivity contribution in [3.8, 4) is 6.07 Å². The summed E-state index contributed by atoms with van der Waals surface area (Å²) < 4.78 is 0. The van der Waals surface area contributed by atoms with Gasteiger partial charge in [0.2, 0.25) is 0 Å². The second kappa shape index (κ2) is 9.44. The van der Waals surface area contributed by atoms with Crippen LogP contribution in [0.1, 0.15) is 43.1 Å². The highest BCUT2D eigenvalue weighted by molar-refractivity contribution is 7.16. The number of carbonyl (C=O) groups excluding carboxylic acids is 1. The summed E-state index contributed by atoms with van der Waals surface area (Å²) in [7, 11) is 0. The van der Waals surface area contributed by atoms with Crippen LogP contribution in [0.25, 0.3) is 0 Å². The summed E-state index contributed by atoms with van der Waals surface area (Å²) in [6.45, 7) is 6.58. The van der Waals surface area contributed by atoms with Crippen LogP contribution < -0.4 is 5.32 Å². The van der Waals surface area contributed by atoms with Crippen LogP contribution in [0.4, 0.5) is 5.00 Å². The van der Waals surface area contributed by atoms with Crippen molar-refractivity contribution in [2.75, 3.05) is 11.9 Å². The van der Waals surface area contributed by atoms with Crippen molar-refractivity contribution in [1.29, 1.82) is 5.26 Å². The molecule has 0 unspecified atom stereocenters. The maximum absolute atomic E-state index is 12.8. The zero-order valence-electron chi connectivity index (χ0n) is 17.1. The van der Waals surface area contributed by atoms with Crippen LogP contribution in [0.3, 0.4) is 0 Å². The number of nitriles is 1. The number of anilines is 1. The third kappa shape index (κ3) is 4.73. The lowest BCUT2D eigenvalue weighted by molar-refractivity contribution is 0.102. The molecular formula is C24H24ClN3OS. The minimum atomic E-state index is -0.159. The van der Waals surface area contributed by atoms with Crippen molar-refractivity contribution in [2.45, 2.75) is 33.4 Å². The van der Waals surface area contributed by atoms with Gasteiger partial charge in [-0.05, 0) is 43.5 Å². The third-order valence-electron chi connectivity index (χ3n) is 5.21. The van der Waals surface area contributed by atoms with Crippen LogP contribution in [-0.4, -0.2) is 17.4 Å². The average molecular weight is 438 g/mol. The summed E-state index contributed by atoms with van der Waals surface area (Å²) in [5, 5.41) is 13.4. The van der Waals surface area contributed by atoms with Gasteiger partial charge in [0.15, 0.2) is 0 Å². The molecule has 154 valence electrons. The molecule has 4 nitrogen and oxygen atoms in total. The Bertz CT molecular complexity index is 1080. The Balaban J connectivity index is 0.00000256. The summed E-state index contributed by atoms with van der Waals surface area (Å²) in [6.07, 6.45) is 0.834. The topological polar surface area (TPSA) is 56.1 Å². The first-order valence-electron chi connectivity index (χ1n) is 9.74. The maximum Gasteiger partial charge on any atom is 0.256 e. The number of nitrogens with one attached hydrogen (secondary N) is 1. The summed E-state index contributed by atoms with van der Waals surface area (Å²) in [6, 6.07) is 18.6. The first-order chi connectivity index (χ1) is 14.0. The number of rotatable bonds is 4. The van der Waals surface area contributed by atoms with E-state index in [4.69, 9.17) is 0 Å². The highest BCUT2D eigenvalue weighted by Crippen LogP contribution is 2.37. The zero-order valence-corrected chi connectivity index (χ0v) is 18.7. The summed E-state index contributed by atoms with van der Waals surface area (Å²) >= 11 is 1.54. The Morgan fingerprint density at radius 2 is 1.87 bits per heavy atom. The van der Waals surface area contributed by atoms with Crippen LogP contribution in [0, 0.1) is 25.2 Å². The summed E-state index contributed by atoms with van der Waals surface area (Å²) in [5.41, 5.74) is 5.75. The molecule has 0 radical (unpaired) electrons. The van der Waals surface area contributed by atoms with Crippen molar-refractivity contribution < 1.29 is 4.79 Å². The monoisotopic (exact) mass is 437 g/mol. The van der Waals surface area contributed by atoms with E-state index in [1.165, 1.54) is 21.8 Å². The molecule has 0 fully saturated rings. The Kier molecular flexibility index (Phi) is 6.94. The van der Waals surface area contributed by atoms with Crippen LogP contribution in [0.5, 0.6) is 0 Å². The lowest BCUT2D eigenvalue weighted by atomic mass is 10.0. The van der Waals surface area contributed by atoms with E-state index in [0.29, 0.717) is 16.1 Å². The second-order valence-corrected chi connectivity index (χ2v) is 8.70. The summed E-state index contributed by atoms with van der Waals surface area (Å²) in [4.78, 5) is 16.4. The van der Waals surface area contributed by atoms with E-state index in [9.17, 15) is 10.1 Å². The molecule has 6 heteroatoms. The number of hydrogen-bond donors (Lipinski definition) is 1. The number of benzene rings is 2. The standard InChI is InChI=1S/C24H23N3OS.ClH/c1-16-10-17(2)12-19(11-16)23(28)26-24-21(13-25)20-8-9-27(15-22(20)29-24)14-18-6-4-3-5-7-18;/h3-7,10-12H,8-9,14-15H2,1-2H3,(H,26,28);1H. The predicted octanol–water partition coefficient (Wildman–Crippen LogP) is 5.47. The Morgan fingerprint density at radius 3 is 2.53 bits per heavy atom. The molecule has 0 spiro atoms. The highest BCUT2D eigenvalue weighted by Gasteiger charge is 2.25. The van der Waals surface area contributed by atoms with Crippen molar-refractivity contribution in [3.63, 3.8) is 0 Å². The Labute approximate surface area is 187 Å². The number of aryl methyl sites for hydroxylation is 2. The van der Waals surface area contributed by atoms with E-state index >= 15 is 0 Å². The first-order valence-corrected chi connectivity index (χ1v) is 10.6. The Morgan fingerprint density at radius 1 is 1.17 bits per heavy atom. The molecule has 1 aromatic heterocycles. The predicted molar refractivity (Wildman–Crippen MR) is 124 cm³/mol. The van der Waals surface area contributed by atoms with Crippen molar-refractivity contribution >= 4 is 34.7 Å². The van der Waals surface area contributed by atoms with E-state index in [-0.39, 0.29) is 18.3 Å². The molecule has 0 aliphatic carbocycles. The molecule has 3 aromatic rings.